The van der Waals surface area contributed by atoms with Gasteiger partial charge in [0.25, 0.3) is 5.56 Å². The Kier molecular flexibility index (Phi) is 4.63. The molecule has 0 radical (unpaired) electrons. The van der Waals surface area contributed by atoms with Crippen molar-refractivity contribution in [2.75, 3.05) is 26.3 Å². The highest BCUT2D eigenvalue weighted by atomic mass is 31.2. The highest BCUT2D eigenvalue weighted by Crippen LogP contribution is 2.38. The van der Waals surface area contributed by atoms with E-state index in [4.69, 9.17) is 4.74 Å². The Balaban J connectivity index is 1.90. The molecule has 4 atom stereocenters. The van der Waals surface area contributed by atoms with Crippen LogP contribution < -0.4 is 10.9 Å². The lowest BCUT2D eigenvalue weighted by molar-refractivity contribution is -0.0199. The van der Waals surface area contributed by atoms with E-state index in [0.717, 1.165) is 0 Å². The third-order valence-electron chi connectivity index (χ3n) is 4.08. The SMILES string of the molecule is CP(C)(=O)CO[C@H]1[C@@H](O)[C@H](c2c[nH]c3c(=O)[nH]cnc23)N[C@@H]1CO. The normalized spacial score (nSPS) is 27.8. The molecular formula is C14H21N4O5P. The molecule has 5 N–H and O–H groups in total. The van der Waals surface area contributed by atoms with Gasteiger partial charge in [0.05, 0.1) is 31.4 Å². The van der Waals surface area contributed by atoms with E-state index in [-0.39, 0.29) is 18.5 Å². The molecule has 0 saturated carbocycles. The molecule has 1 fully saturated rings. The number of ether oxygens (including phenoxy) is 1. The summed E-state index contributed by atoms with van der Waals surface area (Å²) in [6.07, 6.45) is 1.24. The van der Waals surface area contributed by atoms with Crippen molar-refractivity contribution in [3.05, 3.63) is 28.4 Å². The Bertz CT molecular complexity index is 828. The average Bonchev–Trinajstić information content (AvgIpc) is 3.06. The Morgan fingerprint density at radius 1 is 1.38 bits per heavy atom. The molecule has 0 bridgehead atoms. The van der Waals surface area contributed by atoms with E-state index in [0.29, 0.717) is 16.6 Å². The van der Waals surface area contributed by atoms with E-state index in [1.807, 2.05) is 0 Å². The van der Waals surface area contributed by atoms with Gasteiger partial charge >= 0.3 is 0 Å². The number of aliphatic hydroxyl groups excluding tert-OH is 2. The number of aromatic nitrogens is 3. The first-order chi connectivity index (χ1) is 11.3. The van der Waals surface area contributed by atoms with E-state index in [1.165, 1.54) is 6.33 Å². The van der Waals surface area contributed by atoms with E-state index < -0.39 is 31.4 Å². The fraction of sp³-hybridized carbons (Fsp3) is 0.571. The van der Waals surface area contributed by atoms with Gasteiger partial charge in [-0.1, -0.05) is 0 Å². The topological polar surface area (TPSA) is 140 Å². The van der Waals surface area contributed by atoms with Gasteiger partial charge in [0, 0.05) is 11.8 Å². The lowest BCUT2D eigenvalue weighted by Crippen LogP contribution is -2.38. The average molecular weight is 356 g/mol. The minimum Gasteiger partial charge on any atom is -0.395 e. The molecule has 2 aromatic heterocycles. The van der Waals surface area contributed by atoms with Crippen LogP contribution in [0.3, 0.4) is 0 Å². The number of nitrogens with one attached hydrogen (secondary N) is 3. The molecule has 1 aliphatic rings. The van der Waals surface area contributed by atoms with Crippen LogP contribution in [0.15, 0.2) is 17.3 Å². The van der Waals surface area contributed by atoms with E-state index in [9.17, 15) is 19.6 Å². The standard InChI is InChI=1S/C14H21N4O5P/c1-24(2,22)6-23-13-8(4-19)18-10(12(13)20)7-3-15-11-9(7)16-5-17-14(11)21/h3,5,8,10,12-13,15,18-20H,4,6H2,1-2H3,(H,16,17,21)/t8-,10+,12+,13-/m1/s1. The van der Waals surface area contributed by atoms with Crippen molar-refractivity contribution in [2.24, 2.45) is 0 Å². The van der Waals surface area contributed by atoms with Crippen molar-refractivity contribution >= 4 is 18.2 Å². The van der Waals surface area contributed by atoms with Crippen LogP contribution in [0.25, 0.3) is 11.0 Å². The highest BCUT2D eigenvalue weighted by Gasteiger charge is 2.44. The molecule has 1 saturated heterocycles. The largest absolute Gasteiger partial charge is 0.395 e. The second-order valence-electron chi connectivity index (χ2n) is 6.46. The zero-order valence-corrected chi connectivity index (χ0v) is 14.3. The summed E-state index contributed by atoms with van der Waals surface area (Å²) in [4.78, 5) is 21.3. The molecule has 10 heteroatoms. The molecule has 1 aliphatic heterocycles. The third-order valence-corrected chi connectivity index (χ3v) is 4.85. The molecule has 24 heavy (non-hydrogen) atoms. The Labute approximate surface area is 137 Å². The molecule has 3 rings (SSSR count). The van der Waals surface area contributed by atoms with Gasteiger partial charge in [0.1, 0.15) is 30.4 Å². The lowest BCUT2D eigenvalue weighted by Gasteiger charge is -2.22. The predicted molar refractivity (Wildman–Crippen MR) is 88.7 cm³/mol. The zero-order valence-electron chi connectivity index (χ0n) is 13.4. The van der Waals surface area contributed by atoms with E-state index in [2.05, 4.69) is 20.3 Å². The summed E-state index contributed by atoms with van der Waals surface area (Å²) in [6, 6.07) is -1.08. The maximum atomic E-state index is 11.9. The van der Waals surface area contributed by atoms with E-state index >= 15 is 0 Å². The zero-order chi connectivity index (χ0) is 17.5. The van der Waals surface area contributed by atoms with Crippen LogP contribution in [0.5, 0.6) is 0 Å². The molecular weight excluding hydrogens is 335 g/mol. The summed E-state index contributed by atoms with van der Waals surface area (Å²) in [5, 5.41) is 23.3. The highest BCUT2D eigenvalue weighted by molar-refractivity contribution is 7.62. The number of hydrogen-bond donors (Lipinski definition) is 5. The number of rotatable bonds is 5. The molecule has 132 valence electrons. The van der Waals surface area contributed by atoms with Crippen LogP contribution in [0.4, 0.5) is 0 Å². The van der Waals surface area contributed by atoms with Crippen molar-refractivity contribution in [2.45, 2.75) is 24.3 Å². The fourth-order valence-corrected chi connectivity index (χ4v) is 3.50. The Morgan fingerprint density at radius 3 is 2.79 bits per heavy atom. The van der Waals surface area contributed by atoms with Gasteiger partial charge in [0.2, 0.25) is 0 Å². The quantitative estimate of drug-likeness (QED) is 0.458. The number of nitrogens with zero attached hydrogens (tertiary/aromatic N) is 1. The maximum absolute atomic E-state index is 11.9. The Morgan fingerprint density at radius 2 is 2.12 bits per heavy atom. The van der Waals surface area contributed by atoms with Crippen LogP contribution in [-0.2, 0) is 9.30 Å². The number of H-pyrrole nitrogens is 2. The van der Waals surface area contributed by atoms with Gasteiger partial charge in [-0.2, -0.15) is 0 Å². The first-order valence-electron chi connectivity index (χ1n) is 7.57. The summed E-state index contributed by atoms with van der Waals surface area (Å²) in [7, 11) is -2.41. The summed E-state index contributed by atoms with van der Waals surface area (Å²) < 4.78 is 17.5. The van der Waals surface area contributed by atoms with Crippen LogP contribution in [0.1, 0.15) is 11.6 Å². The van der Waals surface area contributed by atoms with Crippen LogP contribution in [0, 0.1) is 0 Å². The van der Waals surface area contributed by atoms with Gasteiger partial charge < -0.3 is 34.8 Å². The fourth-order valence-electron chi connectivity index (χ4n) is 2.97. The van der Waals surface area contributed by atoms with Crippen molar-refractivity contribution in [1.29, 1.82) is 0 Å². The summed E-state index contributed by atoms with van der Waals surface area (Å²) >= 11 is 0. The second kappa shape index (κ2) is 6.42. The van der Waals surface area contributed by atoms with Gasteiger partial charge in [-0.25, -0.2) is 4.98 Å². The Hall–Kier alpha value is -1.51. The molecule has 0 aromatic carbocycles. The molecule has 0 spiro atoms. The number of aliphatic hydroxyl groups is 2. The molecule has 0 aliphatic carbocycles. The molecule has 2 aromatic rings. The van der Waals surface area contributed by atoms with Crippen LogP contribution in [0.2, 0.25) is 0 Å². The van der Waals surface area contributed by atoms with Crippen LogP contribution >= 0.6 is 7.14 Å². The minimum atomic E-state index is -2.41. The molecule has 0 amide bonds. The van der Waals surface area contributed by atoms with Crippen molar-refractivity contribution < 1.29 is 19.5 Å². The van der Waals surface area contributed by atoms with Crippen LogP contribution in [-0.4, -0.2) is 69.7 Å². The van der Waals surface area contributed by atoms with Gasteiger partial charge in [-0.05, 0) is 13.3 Å². The molecule has 3 heterocycles. The van der Waals surface area contributed by atoms with Crippen molar-refractivity contribution in [3.63, 3.8) is 0 Å². The monoisotopic (exact) mass is 356 g/mol. The first-order valence-corrected chi connectivity index (χ1v) is 10.4. The lowest BCUT2D eigenvalue weighted by atomic mass is 10.0. The van der Waals surface area contributed by atoms with Gasteiger partial charge in [-0.15, -0.1) is 0 Å². The summed E-state index contributed by atoms with van der Waals surface area (Å²) in [5.41, 5.74) is 1.08. The smallest absolute Gasteiger partial charge is 0.275 e. The molecule has 9 nitrogen and oxygen atoms in total. The van der Waals surface area contributed by atoms with Crippen molar-refractivity contribution in [3.8, 4) is 0 Å². The van der Waals surface area contributed by atoms with Gasteiger partial charge in [-0.3, -0.25) is 4.79 Å². The first kappa shape index (κ1) is 17.3. The van der Waals surface area contributed by atoms with Crippen molar-refractivity contribution in [1.82, 2.24) is 20.3 Å². The number of aromatic amines is 2. The number of fused-ring (bicyclic) bond motifs is 1. The minimum absolute atomic E-state index is 0.0193. The number of hydrogen-bond acceptors (Lipinski definition) is 7. The maximum Gasteiger partial charge on any atom is 0.275 e. The summed E-state index contributed by atoms with van der Waals surface area (Å²) in [5.74, 6) is 0. The third kappa shape index (κ3) is 3.18. The molecule has 0 unspecified atom stereocenters. The van der Waals surface area contributed by atoms with E-state index in [1.54, 1.807) is 19.5 Å². The summed E-state index contributed by atoms with van der Waals surface area (Å²) in [6.45, 7) is 2.96. The van der Waals surface area contributed by atoms with Gasteiger partial charge in [0.15, 0.2) is 0 Å². The predicted octanol–water partition coefficient (Wildman–Crippen LogP) is -0.417. The second-order valence-corrected chi connectivity index (χ2v) is 9.86.